The van der Waals surface area contributed by atoms with E-state index in [2.05, 4.69) is 13.8 Å². The molecule has 0 aromatic rings. The normalized spacial score (nSPS) is 13.9. The molecule has 49 valence electrons. The van der Waals surface area contributed by atoms with Gasteiger partial charge in [0.25, 0.3) is 0 Å². The van der Waals surface area contributed by atoms with E-state index >= 15 is 0 Å². The quantitative estimate of drug-likeness (QED) is 0.409. The number of alkyl halides is 1. The second kappa shape index (κ2) is 5.43. The first kappa shape index (κ1) is 8.29. The van der Waals surface area contributed by atoms with Crippen LogP contribution in [0, 0.1) is 6.92 Å². The van der Waals surface area contributed by atoms with E-state index in [-0.39, 0.29) is 5.38 Å². The van der Waals surface area contributed by atoms with Crippen molar-refractivity contribution in [1.29, 1.82) is 0 Å². The molecule has 0 N–H and O–H groups in total. The molecule has 0 saturated heterocycles. The van der Waals surface area contributed by atoms with Crippen LogP contribution < -0.4 is 0 Å². The summed E-state index contributed by atoms with van der Waals surface area (Å²) in [5, 5.41) is 0.126. The van der Waals surface area contributed by atoms with E-state index in [0.29, 0.717) is 0 Å². The van der Waals surface area contributed by atoms with Gasteiger partial charge in [0.05, 0.1) is 0 Å². The molecule has 0 aliphatic rings. The molecule has 8 heavy (non-hydrogen) atoms. The molecule has 0 heterocycles. The van der Waals surface area contributed by atoms with Crippen molar-refractivity contribution in [3.05, 3.63) is 6.92 Å². The van der Waals surface area contributed by atoms with Gasteiger partial charge in [0.15, 0.2) is 0 Å². The number of rotatable bonds is 4. The summed E-state index contributed by atoms with van der Waals surface area (Å²) in [6.45, 7) is 5.86. The van der Waals surface area contributed by atoms with E-state index in [1.807, 2.05) is 0 Å². The van der Waals surface area contributed by atoms with Crippen molar-refractivity contribution in [2.24, 2.45) is 0 Å². The van der Waals surface area contributed by atoms with Gasteiger partial charge in [-0.3, -0.25) is 0 Å². The fourth-order valence-corrected chi connectivity index (χ4v) is 0.770. The fourth-order valence-electron chi connectivity index (χ4n) is 0.616. The highest BCUT2D eigenvalue weighted by Gasteiger charge is 1.93. The molecule has 1 unspecified atom stereocenters. The molecule has 0 rings (SSSR count). The van der Waals surface area contributed by atoms with Crippen molar-refractivity contribution < 1.29 is 0 Å². The first-order valence-corrected chi connectivity index (χ1v) is 3.68. The van der Waals surface area contributed by atoms with Gasteiger partial charge in [0, 0.05) is 5.38 Å². The summed E-state index contributed by atoms with van der Waals surface area (Å²) in [6.07, 6.45) is 4.85. The van der Waals surface area contributed by atoms with Crippen LogP contribution in [0.4, 0.5) is 0 Å². The van der Waals surface area contributed by atoms with Gasteiger partial charge in [-0.1, -0.05) is 26.2 Å². The van der Waals surface area contributed by atoms with Crippen molar-refractivity contribution in [3.63, 3.8) is 0 Å². The Hall–Kier alpha value is 0.290. The van der Waals surface area contributed by atoms with Gasteiger partial charge >= 0.3 is 0 Å². The summed E-state index contributed by atoms with van der Waals surface area (Å²) in [7, 11) is 0. The second-order valence-corrected chi connectivity index (χ2v) is 2.71. The molecule has 0 amide bonds. The number of unbranched alkanes of at least 4 members (excludes halogenated alkanes) is 2. The highest BCUT2D eigenvalue weighted by molar-refractivity contribution is 6.21. The molecular formula is C7H14Cl. The highest BCUT2D eigenvalue weighted by Crippen LogP contribution is 2.06. The number of halogens is 1. The van der Waals surface area contributed by atoms with Gasteiger partial charge in [-0.15, -0.1) is 11.6 Å². The van der Waals surface area contributed by atoms with Gasteiger partial charge in [-0.25, -0.2) is 0 Å². The summed E-state index contributed by atoms with van der Waals surface area (Å²) >= 11 is 5.60. The van der Waals surface area contributed by atoms with Crippen LogP contribution in [0.15, 0.2) is 0 Å². The van der Waals surface area contributed by atoms with Crippen LogP contribution in [0.5, 0.6) is 0 Å². The predicted molar refractivity (Wildman–Crippen MR) is 39.1 cm³/mol. The van der Waals surface area contributed by atoms with Crippen molar-refractivity contribution in [2.45, 2.75) is 38.0 Å². The first-order chi connectivity index (χ1) is 3.77. The van der Waals surface area contributed by atoms with Crippen molar-refractivity contribution in [1.82, 2.24) is 0 Å². The topological polar surface area (TPSA) is 0 Å². The SMILES string of the molecule is [CH2]C(Cl)CCCCC. The predicted octanol–water partition coefficient (Wildman–Crippen LogP) is 3.01. The smallest absolute Gasteiger partial charge is 0.0336 e. The molecule has 1 heteroatoms. The molecule has 0 saturated carbocycles. The van der Waals surface area contributed by atoms with Gasteiger partial charge in [0.1, 0.15) is 0 Å². The summed E-state index contributed by atoms with van der Waals surface area (Å²) < 4.78 is 0. The minimum Gasteiger partial charge on any atom is -0.123 e. The average molecular weight is 134 g/mol. The third-order valence-corrected chi connectivity index (χ3v) is 1.34. The average Bonchev–Trinajstić information content (AvgIpc) is 1.66. The lowest BCUT2D eigenvalue weighted by atomic mass is 10.2. The number of hydrogen-bond acceptors (Lipinski definition) is 0. The molecule has 0 aliphatic carbocycles. The Morgan fingerprint density at radius 2 is 2.12 bits per heavy atom. The van der Waals surface area contributed by atoms with Crippen molar-refractivity contribution in [2.75, 3.05) is 0 Å². The Labute approximate surface area is 57.2 Å². The van der Waals surface area contributed by atoms with Gasteiger partial charge in [0.2, 0.25) is 0 Å². The zero-order valence-electron chi connectivity index (χ0n) is 5.49. The van der Waals surface area contributed by atoms with Crippen LogP contribution in [0.1, 0.15) is 32.6 Å². The Bertz CT molecular complexity index is 41.7. The maximum Gasteiger partial charge on any atom is 0.0336 e. The maximum absolute atomic E-state index is 5.60. The maximum atomic E-state index is 5.60. The fraction of sp³-hybridized carbons (Fsp3) is 0.857. The summed E-state index contributed by atoms with van der Waals surface area (Å²) in [4.78, 5) is 0. The molecule has 0 spiro atoms. The zero-order valence-corrected chi connectivity index (χ0v) is 6.25. The summed E-state index contributed by atoms with van der Waals surface area (Å²) in [5.74, 6) is 0. The lowest BCUT2D eigenvalue weighted by Gasteiger charge is -1.98. The second-order valence-electron chi connectivity index (χ2n) is 2.09. The van der Waals surface area contributed by atoms with Crippen LogP contribution in [-0.4, -0.2) is 5.38 Å². The monoisotopic (exact) mass is 133 g/mol. The molecule has 1 atom stereocenters. The van der Waals surface area contributed by atoms with E-state index in [0.717, 1.165) is 6.42 Å². The third-order valence-electron chi connectivity index (χ3n) is 1.12. The lowest BCUT2D eigenvalue weighted by Crippen LogP contribution is -1.89. The largest absolute Gasteiger partial charge is 0.123 e. The van der Waals surface area contributed by atoms with Gasteiger partial charge < -0.3 is 0 Å². The molecule has 0 nitrogen and oxygen atoms in total. The molecular weight excluding hydrogens is 120 g/mol. The van der Waals surface area contributed by atoms with Crippen LogP contribution in [0.25, 0.3) is 0 Å². The third kappa shape index (κ3) is 6.29. The first-order valence-electron chi connectivity index (χ1n) is 3.24. The van der Waals surface area contributed by atoms with Crippen LogP contribution >= 0.6 is 11.6 Å². The van der Waals surface area contributed by atoms with E-state index in [4.69, 9.17) is 11.6 Å². The molecule has 0 fully saturated rings. The van der Waals surface area contributed by atoms with E-state index in [1.165, 1.54) is 19.3 Å². The summed E-state index contributed by atoms with van der Waals surface area (Å²) in [5.41, 5.74) is 0. The Morgan fingerprint density at radius 1 is 1.50 bits per heavy atom. The van der Waals surface area contributed by atoms with E-state index in [1.54, 1.807) is 0 Å². The Morgan fingerprint density at radius 3 is 2.50 bits per heavy atom. The lowest BCUT2D eigenvalue weighted by molar-refractivity contribution is 0.677. The molecule has 0 aromatic carbocycles. The van der Waals surface area contributed by atoms with Crippen LogP contribution in [-0.2, 0) is 0 Å². The van der Waals surface area contributed by atoms with Crippen molar-refractivity contribution >= 4 is 11.6 Å². The van der Waals surface area contributed by atoms with Crippen LogP contribution in [0.2, 0.25) is 0 Å². The van der Waals surface area contributed by atoms with Gasteiger partial charge in [-0.05, 0) is 13.3 Å². The Balaban J connectivity index is 2.72. The summed E-state index contributed by atoms with van der Waals surface area (Å²) in [6, 6.07) is 0. The highest BCUT2D eigenvalue weighted by atomic mass is 35.5. The van der Waals surface area contributed by atoms with E-state index in [9.17, 15) is 0 Å². The Kier molecular flexibility index (Phi) is 5.62. The van der Waals surface area contributed by atoms with Crippen LogP contribution in [0.3, 0.4) is 0 Å². The van der Waals surface area contributed by atoms with Gasteiger partial charge in [-0.2, -0.15) is 0 Å². The zero-order chi connectivity index (χ0) is 6.41. The molecule has 0 aliphatic heterocycles. The molecule has 1 radical (unpaired) electrons. The number of hydrogen-bond donors (Lipinski definition) is 0. The van der Waals surface area contributed by atoms with Crippen molar-refractivity contribution in [3.8, 4) is 0 Å². The molecule has 0 bridgehead atoms. The minimum absolute atomic E-state index is 0.126. The van der Waals surface area contributed by atoms with E-state index < -0.39 is 0 Å². The standard InChI is InChI=1S/C7H14Cl/c1-3-4-5-6-7(2)8/h7H,2-6H2,1H3. The molecule has 0 aromatic heterocycles. The minimum atomic E-state index is 0.126.